The first-order valence-electron chi connectivity index (χ1n) is 7.03. The largest absolute Gasteiger partial charge is 0.484 e. The quantitative estimate of drug-likeness (QED) is 0.880. The van der Waals surface area contributed by atoms with Crippen molar-refractivity contribution in [3.63, 3.8) is 0 Å². The molecule has 1 amide bonds. The molecule has 0 radical (unpaired) electrons. The van der Waals surface area contributed by atoms with E-state index >= 15 is 0 Å². The molecule has 1 aromatic heterocycles. The van der Waals surface area contributed by atoms with Gasteiger partial charge in [-0.05, 0) is 36.2 Å². The summed E-state index contributed by atoms with van der Waals surface area (Å²) < 4.78 is 9.66. The van der Waals surface area contributed by atoms with Crippen molar-refractivity contribution in [1.82, 2.24) is 9.27 Å². The van der Waals surface area contributed by atoms with Gasteiger partial charge in [0.2, 0.25) is 0 Å². The summed E-state index contributed by atoms with van der Waals surface area (Å²) in [4.78, 5) is 13.0. The Bertz CT molecular complexity index is 734. The van der Waals surface area contributed by atoms with Crippen molar-refractivity contribution in [2.75, 3.05) is 26.0 Å². The molecule has 0 aliphatic rings. The van der Waals surface area contributed by atoms with E-state index in [1.165, 1.54) is 16.4 Å². The zero-order chi connectivity index (χ0) is 16.8. The van der Waals surface area contributed by atoms with E-state index in [2.05, 4.69) is 15.8 Å². The number of rotatable bonds is 6. The molecule has 7 heteroatoms. The molecule has 0 saturated carbocycles. The Balaban J connectivity index is 1.97. The van der Waals surface area contributed by atoms with Crippen LogP contribution in [-0.2, 0) is 11.3 Å². The Morgan fingerprint density at radius 1 is 1.48 bits per heavy atom. The summed E-state index contributed by atoms with van der Waals surface area (Å²) in [7, 11) is 3.38. The number of nitriles is 1. The number of carbonyl (C=O) groups excluding carboxylic acids is 1. The van der Waals surface area contributed by atoms with Crippen LogP contribution in [0.15, 0.2) is 24.3 Å². The minimum Gasteiger partial charge on any atom is -0.484 e. The van der Waals surface area contributed by atoms with Crippen LogP contribution >= 0.6 is 11.5 Å². The maximum Gasteiger partial charge on any atom is 0.259 e. The fraction of sp³-hybridized carbons (Fsp3) is 0.312. The van der Waals surface area contributed by atoms with Gasteiger partial charge >= 0.3 is 0 Å². The number of nitrogens with one attached hydrogen (secondary N) is 1. The number of benzene rings is 1. The summed E-state index contributed by atoms with van der Waals surface area (Å²) >= 11 is 1.28. The smallest absolute Gasteiger partial charge is 0.259 e. The molecule has 0 fully saturated rings. The van der Waals surface area contributed by atoms with Gasteiger partial charge in [-0.1, -0.05) is 12.1 Å². The monoisotopic (exact) mass is 330 g/mol. The molecule has 2 rings (SSSR count). The minimum absolute atomic E-state index is 0.0104. The Hall–Kier alpha value is -2.59. The van der Waals surface area contributed by atoms with Crippen molar-refractivity contribution in [3.8, 4) is 11.8 Å². The first kappa shape index (κ1) is 16.8. The van der Waals surface area contributed by atoms with Crippen LogP contribution < -0.4 is 10.1 Å². The molecule has 0 aliphatic carbocycles. The fourth-order valence-corrected chi connectivity index (χ4v) is 2.56. The number of ether oxygens (including phenoxy) is 1. The van der Waals surface area contributed by atoms with E-state index in [4.69, 9.17) is 10.00 Å². The number of aryl methyl sites for hydroxylation is 1. The summed E-state index contributed by atoms with van der Waals surface area (Å²) in [5.41, 5.74) is 2.31. The zero-order valence-corrected chi connectivity index (χ0v) is 14.1. The van der Waals surface area contributed by atoms with Gasteiger partial charge in [0.25, 0.3) is 5.91 Å². The Labute approximate surface area is 139 Å². The number of carbonyl (C=O) groups is 1. The summed E-state index contributed by atoms with van der Waals surface area (Å²) in [6.45, 7) is 2.38. The second-order valence-electron chi connectivity index (χ2n) is 5.16. The molecule has 2 aromatic rings. The first-order chi connectivity index (χ1) is 11.0. The molecule has 23 heavy (non-hydrogen) atoms. The highest BCUT2D eigenvalue weighted by atomic mass is 32.1. The van der Waals surface area contributed by atoms with Crippen LogP contribution in [-0.4, -0.2) is 35.9 Å². The van der Waals surface area contributed by atoms with Gasteiger partial charge in [0, 0.05) is 20.6 Å². The zero-order valence-electron chi connectivity index (χ0n) is 13.3. The van der Waals surface area contributed by atoms with Crippen molar-refractivity contribution >= 4 is 22.4 Å². The summed E-state index contributed by atoms with van der Waals surface area (Å²) in [6, 6.07) is 9.66. The van der Waals surface area contributed by atoms with Crippen molar-refractivity contribution in [2.24, 2.45) is 0 Å². The van der Waals surface area contributed by atoms with Crippen LogP contribution in [0.3, 0.4) is 0 Å². The molecule has 0 unspecified atom stereocenters. The molecule has 0 atom stereocenters. The predicted molar refractivity (Wildman–Crippen MR) is 89.5 cm³/mol. The average molecular weight is 330 g/mol. The van der Waals surface area contributed by atoms with E-state index in [0.717, 1.165) is 16.3 Å². The van der Waals surface area contributed by atoms with Crippen molar-refractivity contribution in [1.29, 1.82) is 5.26 Å². The molecule has 0 saturated heterocycles. The van der Waals surface area contributed by atoms with Gasteiger partial charge in [0.15, 0.2) is 6.61 Å². The van der Waals surface area contributed by atoms with Crippen LogP contribution in [0.5, 0.6) is 5.75 Å². The van der Waals surface area contributed by atoms with Crippen molar-refractivity contribution in [3.05, 3.63) is 41.1 Å². The van der Waals surface area contributed by atoms with Crippen LogP contribution in [0.25, 0.3) is 0 Å². The SMILES string of the molecule is Cc1nsc(NCc2cccc(OCC(=O)N(C)C)c2)c1C#N. The Kier molecular flexibility index (Phi) is 5.55. The van der Waals surface area contributed by atoms with Crippen molar-refractivity contribution in [2.45, 2.75) is 13.5 Å². The molecule has 120 valence electrons. The number of amides is 1. The van der Waals surface area contributed by atoms with Gasteiger partial charge in [-0.2, -0.15) is 9.64 Å². The second-order valence-corrected chi connectivity index (χ2v) is 5.94. The lowest BCUT2D eigenvalue weighted by Crippen LogP contribution is -2.27. The number of likely N-dealkylation sites (N-methyl/N-ethyl adjacent to an activating group) is 1. The van der Waals surface area contributed by atoms with Gasteiger partial charge in [-0.3, -0.25) is 4.79 Å². The average Bonchev–Trinajstić information content (AvgIpc) is 2.90. The molecule has 0 spiro atoms. The first-order valence-corrected chi connectivity index (χ1v) is 7.80. The lowest BCUT2D eigenvalue weighted by Gasteiger charge is -2.12. The van der Waals surface area contributed by atoms with Gasteiger partial charge in [0.1, 0.15) is 22.4 Å². The highest BCUT2D eigenvalue weighted by Crippen LogP contribution is 2.24. The third kappa shape index (κ3) is 4.44. The normalized spacial score (nSPS) is 10.0. The maximum absolute atomic E-state index is 11.5. The number of anilines is 1. The van der Waals surface area contributed by atoms with Gasteiger partial charge in [0.05, 0.1) is 5.69 Å². The van der Waals surface area contributed by atoms with Crippen molar-refractivity contribution < 1.29 is 9.53 Å². The van der Waals surface area contributed by atoms with Crippen LogP contribution in [0, 0.1) is 18.3 Å². The van der Waals surface area contributed by atoms with E-state index < -0.39 is 0 Å². The Morgan fingerprint density at radius 2 is 2.26 bits per heavy atom. The summed E-state index contributed by atoms with van der Waals surface area (Å²) in [5.74, 6) is 0.549. The molecule has 1 heterocycles. The molecule has 1 N–H and O–H groups in total. The number of hydrogen-bond donors (Lipinski definition) is 1. The van der Waals surface area contributed by atoms with E-state index in [9.17, 15) is 4.79 Å². The second kappa shape index (κ2) is 7.61. The van der Waals surface area contributed by atoms with Gasteiger partial charge < -0.3 is 15.0 Å². The molecular weight excluding hydrogens is 312 g/mol. The number of nitrogens with zero attached hydrogens (tertiary/aromatic N) is 3. The molecule has 0 bridgehead atoms. The molecule has 6 nitrogen and oxygen atoms in total. The highest BCUT2D eigenvalue weighted by molar-refractivity contribution is 7.10. The minimum atomic E-state index is -0.0904. The van der Waals surface area contributed by atoms with Gasteiger partial charge in [-0.25, -0.2) is 0 Å². The predicted octanol–water partition coefficient (Wildman–Crippen LogP) is 2.40. The van der Waals surface area contributed by atoms with E-state index in [-0.39, 0.29) is 12.5 Å². The number of hydrogen-bond acceptors (Lipinski definition) is 6. The molecular formula is C16H18N4O2S. The van der Waals surface area contributed by atoms with Crippen LogP contribution in [0.4, 0.5) is 5.00 Å². The molecule has 0 aliphatic heterocycles. The Morgan fingerprint density at radius 3 is 2.96 bits per heavy atom. The highest BCUT2D eigenvalue weighted by Gasteiger charge is 2.10. The third-order valence-electron chi connectivity index (χ3n) is 3.19. The summed E-state index contributed by atoms with van der Waals surface area (Å²) in [6.07, 6.45) is 0. The lowest BCUT2D eigenvalue weighted by atomic mass is 10.2. The van der Waals surface area contributed by atoms with Crippen LogP contribution in [0.2, 0.25) is 0 Å². The van der Waals surface area contributed by atoms with E-state index in [1.54, 1.807) is 14.1 Å². The van der Waals surface area contributed by atoms with Gasteiger partial charge in [-0.15, -0.1) is 0 Å². The topological polar surface area (TPSA) is 78.2 Å². The maximum atomic E-state index is 11.5. The third-order valence-corrected chi connectivity index (χ3v) is 4.08. The molecule has 1 aromatic carbocycles. The fourth-order valence-electron chi connectivity index (χ4n) is 1.82. The van der Waals surface area contributed by atoms with Crippen LogP contribution in [0.1, 0.15) is 16.8 Å². The lowest BCUT2D eigenvalue weighted by molar-refractivity contribution is -0.130. The standard InChI is InChI=1S/C16H18N4O2S/c1-11-14(8-17)16(23-19-11)18-9-12-5-4-6-13(7-12)22-10-15(21)20(2)3/h4-7,18H,9-10H2,1-3H3. The number of aromatic nitrogens is 1. The van der Waals surface area contributed by atoms with E-state index in [1.807, 2.05) is 31.2 Å². The van der Waals surface area contributed by atoms with E-state index in [0.29, 0.717) is 17.9 Å². The summed E-state index contributed by atoms with van der Waals surface area (Å²) in [5, 5.41) is 13.1.